The number of amides is 2. The number of hydrogen-bond donors (Lipinski definition) is 2. The minimum Gasteiger partial charge on any atom is -0.444 e. The van der Waals surface area contributed by atoms with Crippen molar-refractivity contribution in [2.24, 2.45) is 11.7 Å². The average Bonchev–Trinajstić information content (AvgIpc) is 2.78. The number of hydrogen-bond acceptors (Lipinski definition) is 9. The monoisotopic (exact) mass is 360 g/mol. The van der Waals surface area contributed by atoms with E-state index in [1.807, 2.05) is 0 Å². The lowest BCUT2D eigenvalue weighted by molar-refractivity contribution is -0.168. The summed E-state index contributed by atoms with van der Waals surface area (Å²) in [5, 5.41) is 9.16. The lowest BCUT2D eigenvalue weighted by Crippen LogP contribution is -2.60. The lowest BCUT2D eigenvalue weighted by atomic mass is 9.92. The standard InChI is InChI=1S/C13H16N2O8S/c1-5(16)8-10(18)15-9(12(19)23-4-22-6(2)17)7(24-11(8)15)3-21-13(14)20/h5,8,11,16H,3-4H2,1-2H3,(H2,14,20)/t5?,8-,11-/m1/s1. The molecule has 1 fully saturated rings. The fourth-order valence-corrected chi connectivity index (χ4v) is 3.83. The van der Waals surface area contributed by atoms with Gasteiger partial charge < -0.3 is 25.1 Å². The first-order valence-electron chi connectivity index (χ1n) is 6.87. The fourth-order valence-electron chi connectivity index (χ4n) is 2.32. The Kier molecular flexibility index (Phi) is 5.34. The van der Waals surface area contributed by atoms with Crippen molar-refractivity contribution in [3.8, 4) is 0 Å². The van der Waals surface area contributed by atoms with E-state index in [0.717, 1.165) is 23.6 Å². The Labute approximate surface area is 140 Å². The van der Waals surface area contributed by atoms with Crippen molar-refractivity contribution in [3.63, 3.8) is 0 Å². The summed E-state index contributed by atoms with van der Waals surface area (Å²) >= 11 is 1.10. The van der Waals surface area contributed by atoms with Crippen molar-refractivity contribution in [3.05, 3.63) is 10.6 Å². The number of ether oxygens (including phenoxy) is 3. The predicted molar refractivity (Wildman–Crippen MR) is 78.7 cm³/mol. The maximum Gasteiger partial charge on any atom is 0.404 e. The summed E-state index contributed by atoms with van der Waals surface area (Å²) in [6.45, 7) is 1.69. The molecule has 0 aromatic heterocycles. The van der Waals surface area contributed by atoms with E-state index in [1.54, 1.807) is 0 Å². The molecule has 0 aromatic rings. The molecule has 11 heteroatoms. The summed E-state index contributed by atoms with van der Waals surface area (Å²) in [4.78, 5) is 47.2. The Morgan fingerprint density at radius 1 is 1.33 bits per heavy atom. The van der Waals surface area contributed by atoms with Crippen LogP contribution < -0.4 is 5.73 Å². The second kappa shape index (κ2) is 7.09. The van der Waals surface area contributed by atoms with E-state index >= 15 is 0 Å². The number of carbonyl (C=O) groups excluding carboxylic acids is 4. The number of thioether (sulfide) groups is 1. The molecule has 2 aliphatic rings. The molecule has 10 nitrogen and oxygen atoms in total. The van der Waals surface area contributed by atoms with E-state index in [2.05, 4.69) is 9.47 Å². The normalized spacial score (nSPS) is 23.3. The number of rotatable bonds is 6. The molecule has 132 valence electrons. The van der Waals surface area contributed by atoms with E-state index < -0.39 is 48.1 Å². The van der Waals surface area contributed by atoms with Gasteiger partial charge in [0.25, 0.3) is 0 Å². The smallest absolute Gasteiger partial charge is 0.404 e. The highest BCUT2D eigenvalue weighted by Gasteiger charge is 2.57. The highest BCUT2D eigenvalue weighted by atomic mass is 32.2. The summed E-state index contributed by atoms with van der Waals surface area (Å²) in [6, 6.07) is 0. The fraction of sp³-hybridized carbons (Fsp3) is 0.538. The number of nitrogens with two attached hydrogens (primary N) is 1. The van der Waals surface area contributed by atoms with Gasteiger partial charge in [0.15, 0.2) is 0 Å². The van der Waals surface area contributed by atoms with Crippen LogP contribution in [-0.4, -0.2) is 58.8 Å². The third-order valence-corrected chi connectivity index (χ3v) is 4.70. The van der Waals surface area contributed by atoms with Gasteiger partial charge >= 0.3 is 18.0 Å². The van der Waals surface area contributed by atoms with Crippen LogP contribution in [0.1, 0.15) is 13.8 Å². The molecule has 0 spiro atoms. The molecule has 0 aliphatic carbocycles. The van der Waals surface area contributed by atoms with Crippen LogP contribution in [0.5, 0.6) is 0 Å². The topological polar surface area (TPSA) is 145 Å². The molecule has 2 heterocycles. The zero-order valence-electron chi connectivity index (χ0n) is 12.9. The van der Waals surface area contributed by atoms with E-state index in [-0.39, 0.29) is 17.2 Å². The van der Waals surface area contributed by atoms with Gasteiger partial charge in [-0.05, 0) is 6.92 Å². The van der Waals surface area contributed by atoms with Crippen LogP contribution in [-0.2, 0) is 28.6 Å². The van der Waals surface area contributed by atoms with Gasteiger partial charge in [0.2, 0.25) is 12.7 Å². The molecule has 0 saturated carbocycles. The highest BCUT2D eigenvalue weighted by Crippen LogP contribution is 2.50. The van der Waals surface area contributed by atoms with Gasteiger partial charge in [-0.15, -0.1) is 0 Å². The predicted octanol–water partition coefficient (Wildman–Crippen LogP) is -0.731. The van der Waals surface area contributed by atoms with Crippen LogP contribution in [0.3, 0.4) is 0 Å². The number of primary amides is 1. The van der Waals surface area contributed by atoms with Crippen molar-refractivity contribution in [1.29, 1.82) is 0 Å². The van der Waals surface area contributed by atoms with Crippen LogP contribution in [0.4, 0.5) is 4.79 Å². The number of nitrogens with zero attached hydrogens (tertiary/aromatic N) is 1. The summed E-state index contributed by atoms with van der Waals surface area (Å²) in [7, 11) is 0. The Morgan fingerprint density at radius 3 is 2.54 bits per heavy atom. The molecular weight excluding hydrogens is 344 g/mol. The third-order valence-electron chi connectivity index (χ3n) is 3.36. The number of β-lactam (4-membered cyclic amide) rings is 1. The lowest BCUT2D eigenvalue weighted by Gasteiger charge is -2.43. The Balaban J connectivity index is 2.15. The first-order chi connectivity index (χ1) is 11.2. The summed E-state index contributed by atoms with van der Waals surface area (Å²) in [5.74, 6) is -2.68. The van der Waals surface area contributed by atoms with Gasteiger partial charge in [-0.1, -0.05) is 11.8 Å². The summed E-state index contributed by atoms with van der Waals surface area (Å²) < 4.78 is 14.0. The molecule has 2 aliphatic heterocycles. The molecule has 2 amide bonds. The zero-order valence-corrected chi connectivity index (χ0v) is 13.7. The quantitative estimate of drug-likeness (QED) is 0.355. The van der Waals surface area contributed by atoms with E-state index in [0.29, 0.717) is 0 Å². The van der Waals surface area contributed by atoms with Gasteiger partial charge in [-0.3, -0.25) is 14.5 Å². The second-order valence-corrected chi connectivity index (χ2v) is 6.26. The van der Waals surface area contributed by atoms with Crippen molar-refractivity contribution in [2.75, 3.05) is 13.4 Å². The highest BCUT2D eigenvalue weighted by molar-refractivity contribution is 8.04. The van der Waals surface area contributed by atoms with Gasteiger partial charge in [-0.2, -0.15) is 0 Å². The number of fused-ring (bicyclic) bond motifs is 1. The molecule has 0 radical (unpaired) electrons. The Morgan fingerprint density at radius 2 is 2.00 bits per heavy atom. The van der Waals surface area contributed by atoms with Crippen LogP contribution >= 0.6 is 11.8 Å². The van der Waals surface area contributed by atoms with Crippen LogP contribution in [0.25, 0.3) is 0 Å². The van der Waals surface area contributed by atoms with Gasteiger partial charge in [0.05, 0.1) is 16.9 Å². The average molecular weight is 360 g/mol. The molecule has 3 N–H and O–H groups in total. The summed E-state index contributed by atoms with van der Waals surface area (Å²) in [5.41, 5.74) is 4.80. The number of esters is 2. The van der Waals surface area contributed by atoms with Gasteiger partial charge in [0.1, 0.15) is 17.7 Å². The zero-order chi connectivity index (χ0) is 18.0. The van der Waals surface area contributed by atoms with E-state index in [1.165, 1.54) is 6.92 Å². The number of aliphatic hydroxyl groups excluding tert-OH is 1. The van der Waals surface area contributed by atoms with Crippen molar-refractivity contribution in [1.82, 2.24) is 4.90 Å². The SMILES string of the molecule is CC(=O)OCOC(=O)C1=C(COC(N)=O)S[C@@H]2[C@H](C(C)O)C(=O)N12. The van der Waals surface area contributed by atoms with Crippen molar-refractivity contribution in [2.45, 2.75) is 25.3 Å². The van der Waals surface area contributed by atoms with E-state index in [9.17, 15) is 24.3 Å². The third kappa shape index (κ3) is 3.46. The van der Waals surface area contributed by atoms with Crippen LogP contribution in [0.15, 0.2) is 10.6 Å². The first kappa shape index (κ1) is 18.1. The maximum atomic E-state index is 12.2. The van der Waals surface area contributed by atoms with Crippen molar-refractivity contribution >= 4 is 35.7 Å². The molecule has 3 atom stereocenters. The molecule has 1 unspecified atom stereocenters. The molecule has 2 rings (SSSR count). The van der Waals surface area contributed by atoms with Crippen LogP contribution in [0, 0.1) is 5.92 Å². The van der Waals surface area contributed by atoms with Crippen LogP contribution in [0.2, 0.25) is 0 Å². The molecule has 0 aromatic carbocycles. The maximum absolute atomic E-state index is 12.2. The number of aliphatic hydroxyl groups is 1. The Bertz CT molecular complexity index is 617. The molecule has 0 bridgehead atoms. The second-order valence-electron chi connectivity index (χ2n) is 5.05. The minimum atomic E-state index is -1.04. The minimum absolute atomic E-state index is 0.111. The van der Waals surface area contributed by atoms with E-state index in [4.69, 9.17) is 10.5 Å². The largest absolute Gasteiger partial charge is 0.444 e. The molecular formula is C13H16N2O8S. The van der Waals surface area contributed by atoms with Gasteiger partial charge in [0, 0.05) is 6.92 Å². The molecule has 1 saturated heterocycles. The summed E-state index contributed by atoms with van der Waals surface area (Å²) in [6.07, 6.45) is -1.94. The van der Waals surface area contributed by atoms with Gasteiger partial charge in [-0.25, -0.2) is 9.59 Å². The molecule has 24 heavy (non-hydrogen) atoms. The Hall–Kier alpha value is -2.27. The number of carbonyl (C=O) groups is 4. The first-order valence-corrected chi connectivity index (χ1v) is 7.75. The van der Waals surface area contributed by atoms with Crippen molar-refractivity contribution < 1.29 is 38.5 Å².